The number of allylic oxidation sites excluding steroid dienone is 1. The zero-order valence-electron chi connectivity index (χ0n) is 18.9. The Balaban J connectivity index is 1.24. The van der Waals surface area contributed by atoms with E-state index >= 15 is 0 Å². The first-order valence-electron chi connectivity index (χ1n) is 11.2. The molecule has 2 aliphatic heterocycles. The Bertz CT molecular complexity index is 1290. The normalized spacial score (nSPS) is 23.1. The van der Waals surface area contributed by atoms with Crippen molar-refractivity contribution < 1.29 is 28.9 Å². The molecule has 186 valence electrons. The van der Waals surface area contributed by atoms with Gasteiger partial charge < -0.3 is 25.9 Å². The van der Waals surface area contributed by atoms with Crippen LogP contribution in [0, 0.1) is 0 Å². The topological polar surface area (TPSA) is 151 Å². The number of β-lactam (4-membered cyclic amide) rings is 1. The molecule has 2 aromatic heterocycles. The summed E-state index contributed by atoms with van der Waals surface area (Å²) in [6.45, 7) is 0.523. The molecule has 0 spiro atoms. The Labute approximate surface area is 214 Å². The highest BCUT2D eigenvalue weighted by Gasteiger charge is 2.50. The number of oxime groups is 1. The van der Waals surface area contributed by atoms with Gasteiger partial charge in [0.05, 0.1) is 5.56 Å². The smallest absolute Gasteiger partial charge is 0.336 e. The van der Waals surface area contributed by atoms with Gasteiger partial charge in [0.2, 0.25) is 0 Å². The number of carboxylic acid groups (broad SMARTS) is 1. The second-order valence-corrected chi connectivity index (χ2v) is 10.4. The monoisotopic (exact) mass is 527 g/mol. The van der Waals surface area contributed by atoms with Crippen molar-refractivity contribution in [3.8, 4) is 0 Å². The second kappa shape index (κ2) is 10.1. The maximum Gasteiger partial charge on any atom is 0.336 e. The maximum atomic E-state index is 13.1. The molecule has 1 aliphatic carbocycles. The molecule has 0 saturated carbocycles. The number of carbonyl (C=O) groups is 3. The number of thioether (sulfide) groups is 1. The summed E-state index contributed by atoms with van der Waals surface area (Å²) in [5.41, 5.74) is 7.23. The lowest BCUT2D eigenvalue weighted by Crippen LogP contribution is -2.69. The van der Waals surface area contributed by atoms with Crippen molar-refractivity contribution in [2.45, 2.75) is 36.9 Å². The van der Waals surface area contributed by atoms with Crippen molar-refractivity contribution in [2.75, 3.05) is 11.5 Å². The van der Waals surface area contributed by atoms with E-state index in [-0.39, 0.29) is 28.7 Å². The van der Waals surface area contributed by atoms with Crippen LogP contribution in [-0.4, -0.2) is 61.8 Å². The molecule has 1 saturated heterocycles. The van der Waals surface area contributed by atoms with Crippen LogP contribution in [0.2, 0.25) is 0 Å². The van der Waals surface area contributed by atoms with Crippen LogP contribution in [-0.2, 0) is 21.0 Å². The molecule has 4 heterocycles. The summed E-state index contributed by atoms with van der Waals surface area (Å²) in [4.78, 5) is 48.3. The SMILES string of the molecule is Nc1nc(C(=NOC2C=CCC2)C(=O)NC2C(=O)N3C=C(C[n+]4ccc(C(=O)O)cc4)CS[C@H]23)cs1. The molecule has 0 radical (unpaired) electrons. The van der Waals surface area contributed by atoms with Crippen molar-refractivity contribution in [3.05, 3.63) is 65.1 Å². The number of nitrogens with two attached hydrogens (primary N) is 1. The molecule has 13 heteroatoms. The average Bonchev–Trinajstić information content (AvgIpc) is 3.55. The number of carbonyl (C=O) groups excluding carboxylic acids is 2. The van der Waals surface area contributed by atoms with Crippen molar-refractivity contribution in [1.29, 1.82) is 0 Å². The molecule has 3 atom stereocenters. The van der Waals surface area contributed by atoms with Gasteiger partial charge >= 0.3 is 5.97 Å². The van der Waals surface area contributed by atoms with E-state index in [9.17, 15) is 14.4 Å². The molecular formula is C23H23N6O5S2+. The van der Waals surface area contributed by atoms with Crippen molar-refractivity contribution >= 4 is 51.7 Å². The minimum Gasteiger partial charge on any atom is -0.478 e. The van der Waals surface area contributed by atoms with Gasteiger partial charge in [0, 0.05) is 35.0 Å². The molecule has 11 nitrogen and oxygen atoms in total. The van der Waals surface area contributed by atoms with Crippen LogP contribution in [0.5, 0.6) is 0 Å². The van der Waals surface area contributed by atoms with E-state index in [0.717, 1.165) is 18.4 Å². The molecule has 1 fully saturated rings. The number of thiazole rings is 1. The standard InChI is InChI=1S/C23H22N6O5S2/c24-23-25-16(12-36-23)17(27-34-15-3-1-2-4-15)19(30)26-18-20(31)29-10-13(11-35-21(18)29)9-28-7-5-14(6-8-28)22(32)33/h1,3,5-8,10,12,15,18,21H,2,4,9,11H2,(H3-,24,25,26,30,32,33)/p+1/t15?,18?,21-/m1/s1. The van der Waals surface area contributed by atoms with E-state index < -0.39 is 17.9 Å². The summed E-state index contributed by atoms with van der Waals surface area (Å²) in [6.07, 6.45) is 10.5. The number of hydrogen-bond donors (Lipinski definition) is 3. The highest BCUT2D eigenvalue weighted by Crippen LogP contribution is 2.36. The number of aromatic carboxylic acids is 1. The van der Waals surface area contributed by atoms with E-state index in [0.29, 0.717) is 23.1 Å². The summed E-state index contributed by atoms with van der Waals surface area (Å²) in [5, 5.41) is 17.6. The Morgan fingerprint density at radius 1 is 1.36 bits per heavy atom. The number of hydrogen-bond acceptors (Lipinski definition) is 9. The number of rotatable bonds is 8. The van der Waals surface area contributed by atoms with Crippen molar-refractivity contribution in [1.82, 2.24) is 15.2 Å². The fraction of sp³-hybridized carbons (Fsp3) is 0.304. The average molecular weight is 528 g/mol. The van der Waals surface area contributed by atoms with Gasteiger partial charge in [0.25, 0.3) is 11.8 Å². The van der Waals surface area contributed by atoms with Gasteiger partial charge in [-0.2, -0.15) is 0 Å². The summed E-state index contributed by atoms with van der Waals surface area (Å²) >= 11 is 2.74. The summed E-state index contributed by atoms with van der Waals surface area (Å²) in [6, 6.07) is 2.36. The number of amides is 2. The minimum atomic E-state index is -0.981. The molecule has 5 rings (SSSR count). The van der Waals surface area contributed by atoms with Crippen LogP contribution in [0.25, 0.3) is 0 Å². The van der Waals surface area contributed by atoms with Crippen LogP contribution < -0.4 is 15.6 Å². The quantitative estimate of drug-likeness (QED) is 0.152. The first kappa shape index (κ1) is 24.0. The fourth-order valence-electron chi connectivity index (χ4n) is 4.01. The van der Waals surface area contributed by atoms with Gasteiger partial charge in [-0.25, -0.2) is 14.3 Å². The Hall–Kier alpha value is -3.71. The lowest BCUT2D eigenvalue weighted by Gasteiger charge is -2.47. The molecule has 3 aliphatic rings. The number of anilines is 1. The second-order valence-electron chi connectivity index (χ2n) is 8.41. The third-order valence-electron chi connectivity index (χ3n) is 5.88. The first-order chi connectivity index (χ1) is 17.4. The maximum absolute atomic E-state index is 13.1. The Kier molecular flexibility index (Phi) is 6.74. The molecular weight excluding hydrogens is 504 g/mol. The Morgan fingerprint density at radius 2 is 2.17 bits per heavy atom. The first-order valence-corrected chi connectivity index (χ1v) is 13.1. The van der Waals surface area contributed by atoms with Gasteiger partial charge in [-0.1, -0.05) is 11.2 Å². The van der Waals surface area contributed by atoms with Gasteiger partial charge in [0.1, 0.15) is 23.2 Å². The van der Waals surface area contributed by atoms with Crippen LogP contribution in [0.15, 0.2) is 59.0 Å². The predicted octanol–water partition coefficient (Wildman–Crippen LogP) is 1.13. The molecule has 2 unspecified atom stereocenters. The molecule has 2 amide bonds. The number of nitrogens with one attached hydrogen (secondary N) is 1. The number of nitrogen functional groups attached to an aromatic ring is 1. The van der Waals surface area contributed by atoms with Crippen LogP contribution in [0.1, 0.15) is 28.9 Å². The van der Waals surface area contributed by atoms with Crippen LogP contribution in [0.4, 0.5) is 5.13 Å². The fourth-order valence-corrected chi connectivity index (χ4v) is 5.81. The highest BCUT2D eigenvalue weighted by atomic mass is 32.2. The lowest BCUT2D eigenvalue weighted by molar-refractivity contribution is -0.689. The van der Waals surface area contributed by atoms with Crippen LogP contribution >= 0.6 is 23.1 Å². The number of pyridine rings is 1. The molecule has 0 bridgehead atoms. The lowest BCUT2D eigenvalue weighted by atomic mass is 10.1. The number of carboxylic acids is 1. The summed E-state index contributed by atoms with van der Waals surface area (Å²) in [5.74, 6) is -1.09. The van der Waals surface area contributed by atoms with E-state index in [1.165, 1.54) is 23.5 Å². The third kappa shape index (κ3) is 4.97. The van der Waals surface area contributed by atoms with Crippen molar-refractivity contribution in [3.63, 3.8) is 0 Å². The van der Waals surface area contributed by atoms with Gasteiger partial charge in [0.15, 0.2) is 29.8 Å². The van der Waals surface area contributed by atoms with Gasteiger partial charge in [-0.05, 0) is 18.9 Å². The largest absolute Gasteiger partial charge is 0.478 e. The number of fused-ring (bicyclic) bond motifs is 1. The van der Waals surface area contributed by atoms with E-state index in [1.807, 2.05) is 16.7 Å². The van der Waals surface area contributed by atoms with E-state index in [2.05, 4.69) is 15.5 Å². The zero-order chi connectivity index (χ0) is 25.2. The molecule has 2 aromatic rings. The van der Waals surface area contributed by atoms with E-state index in [1.54, 1.807) is 40.6 Å². The number of aromatic nitrogens is 2. The van der Waals surface area contributed by atoms with Crippen molar-refractivity contribution in [2.24, 2.45) is 5.16 Å². The molecule has 0 aromatic carbocycles. The summed E-state index contributed by atoms with van der Waals surface area (Å²) < 4.78 is 1.85. The molecule has 4 N–H and O–H groups in total. The van der Waals surface area contributed by atoms with Gasteiger partial charge in [-0.15, -0.1) is 23.1 Å². The van der Waals surface area contributed by atoms with Gasteiger partial charge in [-0.3, -0.25) is 9.59 Å². The third-order valence-corrected chi connectivity index (χ3v) is 7.93. The number of nitrogens with zero attached hydrogens (tertiary/aromatic N) is 4. The van der Waals surface area contributed by atoms with E-state index in [4.69, 9.17) is 15.7 Å². The summed E-state index contributed by atoms with van der Waals surface area (Å²) in [7, 11) is 0. The minimum absolute atomic E-state index is 0.0206. The zero-order valence-corrected chi connectivity index (χ0v) is 20.6. The highest BCUT2D eigenvalue weighted by molar-refractivity contribution is 8.00. The Morgan fingerprint density at radius 3 is 2.83 bits per heavy atom. The molecule has 36 heavy (non-hydrogen) atoms. The predicted molar refractivity (Wildman–Crippen MR) is 133 cm³/mol. The van der Waals surface area contributed by atoms with Crippen LogP contribution in [0.3, 0.4) is 0 Å².